The van der Waals surface area contributed by atoms with Crippen molar-refractivity contribution in [3.63, 3.8) is 0 Å². The number of imidazole rings is 1. The standard InChI is InChI=1S/C12H15N5O4S.C7H11N/c13-10-7-11(15-4-14-10)17(5-16-7)12-9(20)8(19)6(21-12)3-22-2-1-18;1-8-7-5-3-2-4-6-7/h1,4-6,8-9,12,19-20H,2-3H2,(H2,13,14,15);2-5,7-8H,6H2,1H3/t6-,8-,9-,12-;/m1./s1. The number of aldehydes is 1. The number of aromatic nitrogens is 4. The normalized spacial score (nSPS) is 27.8. The number of carbonyl (C=O) groups excluding carboxylic acids is 1. The fourth-order valence-electron chi connectivity index (χ4n) is 3.18. The van der Waals surface area contributed by atoms with Crippen LogP contribution in [0, 0.1) is 0 Å². The molecule has 5 atom stereocenters. The lowest BCUT2D eigenvalue weighted by atomic mass is 10.1. The van der Waals surface area contributed by atoms with E-state index in [0.29, 0.717) is 28.7 Å². The zero-order valence-corrected chi connectivity index (χ0v) is 17.4. The van der Waals surface area contributed by atoms with Crippen molar-refractivity contribution < 1.29 is 19.7 Å². The van der Waals surface area contributed by atoms with E-state index in [4.69, 9.17) is 10.5 Å². The number of aliphatic hydroxyl groups excluding tert-OH is 2. The molecule has 11 heteroatoms. The number of hydrogen-bond donors (Lipinski definition) is 4. The van der Waals surface area contributed by atoms with Crippen LogP contribution in [0.3, 0.4) is 0 Å². The van der Waals surface area contributed by atoms with Crippen LogP contribution in [0.4, 0.5) is 5.82 Å². The maximum atomic E-state index is 10.3. The van der Waals surface area contributed by atoms with Gasteiger partial charge in [-0.05, 0) is 13.5 Å². The molecular formula is C19H26N6O4S. The lowest BCUT2D eigenvalue weighted by molar-refractivity contribution is -0.105. The molecule has 0 aromatic carbocycles. The van der Waals surface area contributed by atoms with Crippen LogP contribution in [0.15, 0.2) is 37.0 Å². The molecule has 1 aliphatic carbocycles. The highest BCUT2D eigenvalue weighted by molar-refractivity contribution is 7.99. The topological polar surface area (TPSA) is 148 Å². The third kappa shape index (κ3) is 5.05. The number of nitrogens with zero attached hydrogens (tertiary/aromatic N) is 4. The molecule has 0 saturated carbocycles. The Hall–Kier alpha value is -2.31. The van der Waals surface area contributed by atoms with E-state index >= 15 is 0 Å². The Balaban J connectivity index is 0.000000269. The van der Waals surface area contributed by atoms with Crippen molar-refractivity contribution in [2.24, 2.45) is 0 Å². The van der Waals surface area contributed by atoms with Gasteiger partial charge in [0.25, 0.3) is 0 Å². The summed E-state index contributed by atoms with van der Waals surface area (Å²) in [6.45, 7) is 0. The van der Waals surface area contributed by atoms with E-state index in [9.17, 15) is 15.0 Å². The monoisotopic (exact) mass is 434 g/mol. The van der Waals surface area contributed by atoms with Crippen molar-refractivity contribution in [1.29, 1.82) is 0 Å². The third-order valence-electron chi connectivity index (χ3n) is 4.82. The summed E-state index contributed by atoms with van der Waals surface area (Å²) in [6, 6.07) is 0.569. The molecule has 4 rings (SSSR count). The Morgan fingerprint density at radius 2 is 2.17 bits per heavy atom. The minimum absolute atomic E-state index is 0.231. The molecule has 0 amide bonds. The van der Waals surface area contributed by atoms with Crippen LogP contribution in [0.2, 0.25) is 0 Å². The molecule has 2 aromatic heterocycles. The number of hydrogen-bond acceptors (Lipinski definition) is 10. The van der Waals surface area contributed by atoms with Crippen LogP contribution in [0.1, 0.15) is 12.6 Å². The summed E-state index contributed by atoms with van der Waals surface area (Å²) in [7, 11) is 1.98. The average Bonchev–Trinajstić information content (AvgIpc) is 3.32. The van der Waals surface area contributed by atoms with E-state index in [1.54, 1.807) is 0 Å². The van der Waals surface area contributed by atoms with Gasteiger partial charge in [0.15, 0.2) is 17.7 Å². The molecular weight excluding hydrogens is 408 g/mol. The van der Waals surface area contributed by atoms with Gasteiger partial charge in [-0.3, -0.25) is 4.57 Å². The first-order chi connectivity index (χ1) is 14.6. The highest BCUT2D eigenvalue weighted by Crippen LogP contribution is 2.33. The number of anilines is 1. The van der Waals surface area contributed by atoms with Gasteiger partial charge < -0.3 is 30.8 Å². The van der Waals surface area contributed by atoms with Crippen molar-refractivity contribution in [3.8, 4) is 0 Å². The summed E-state index contributed by atoms with van der Waals surface area (Å²) < 4.78 is 7.23. The van der Waals surface area contributed by atoms with Gasteiger partial charge in [0.2, 0.25) is 0 Å². The number of nitrogens with one attached hydrogen (secondary N) is 1. The van der Waals surface area contributed by atoms with Crippen molar-refractivity contribution in [1.82, 2.24) is 24.8 Å². The summed E-state index contributed by atoms with van der Waals surface area (Å²) >= 11 is 1.33. The van der Waals surface area contributed by atoms with Gasteiger partial charge in [-0.25, -0.2) is 15.0 Å². The molecule has 1 aliphatic heterocycles. The molecule has 5 N–H and O–H groups in total. The van der Waals surface area contributed by atoms with Gasteiger partial charge in [-0.15, -0.1) is 0 Å². The predicted octanol–water partition coefficient (Wildman–Crippen LogP) is 0.0503. The third-order valence-corrected chi connectivity index (χ3v) is 5.75. The summed E-state index contributed by atoms with van der Waals surface area (Å²) in [4.78, 5) is 22.4. The molecule has 1 unspecified atom stereocenters. The number of rotatable bonds is 6. The van der Waals surface area contributed by atoms with E-state index < -0.39 is 24.5 Å². The first-order valence-corrected chi connectivity index (χ1v) is 10.7. The van der Waals surface area contributed by atoms with Gasteiger partial charge in [0, 0.05) is 17.5 Å². The summed E-state index contributed by atoms with van der Waals surface area (Å²) in [6.07, 6.45) is 9.55. The Morgan fingerprint density at radius 3 is 2.83 bits per heavy atom. The maximum Gasteiger partial charge on any atom is 0.167 e. The first kappa shape index (κ1) is 22.4. The SMILES string of the molecule is CNC1C=CC=CC1.Nc1ncnc2c1ncn2[C@@H]1O[C@H](CSCC=O)[C@@H](O)[C@H]1O. The number of ether oxygens (including phenoxy) is 1. The average molecular weight is 435 g/mol. The van der Waals surface area contributed by atoms with Gasteiger partial charge in [0.05, 0.1) is 12.4 Å². The molecule has 2 aromatic rings. The quantitative estimate of drug-likeness (QED) is 0.363. The molecule has 1 saturated heterocycles. The van der Waals surface area contributed by atoms with Crippen molar-refractivity contribution in [2.75, 3.05) is 24.3 Å². The van der Waals surface area contributed by atoms with Crippen molar-refractivity contribution in [3.05, 3.63) is 37.0 Å². The zero-order chi connectivity index (χ0) is 21.5. The van der Waals surface area contributed by atoms with Gasteiger partial charge in [-0.2, -0.15) is 11.8 Å². The van der Waals surface area contributed by atoms with Crippen LogP contribution in [-0.4, -0.2) is 78.9 Å². The number of likely N-dealkylation sites (N-methyl/N-ethyl adjacent to an activating group) is 1. The van der Waals surface area contributed by atoms with E-state index in [0.717, 1.165) is 12.7 Å². The molecule has 10 nitrogen and oxygen atoms in total. The van der Waals surface area contributed by atoms with Crippen molar-refractivity contribution >= 4 is 35.0 Å². The Bertz CT molecular complexity index is 904. The van der Waals surface area contributed by atoms with Gasteiger partial charge >= 0.3 is 0 Å². The Kier molecular flexibility index (Phi) is 7.94. The van der Waals surface area contributed by atoms with Crippen LogP contribution in [-0.2, 0) is 9.53 Å². The fraction of sp³-hybridized carbons (Fsp3) is 0.474. The van der Waals surface area contributed by atoms with E-state index in [2.05, 4.69) is 44.6 Å². The van der Waals surface area contributed by atoms with Gasteiger partial charge in [-0.1, -0.05) is 24.3 Å². The number of nitrogens with two attached hydrogens (primary N) is 1. The second-order valence-corrected chi connectivity index (χ2v) is 7.85. The zero-order valence-electron chi connectivity index (χ0n) is 16.5. The first-order valence-electron chi connectivity index (χ1n) is 9.53. The van der Waals surface area contributed by atoms with E-state index in [1.165, 1.54) is 29.0 Å². The summed E-state index contributed by atoms with van der Waals surface area (Å²) in [5, 5.41) is 23.5. The van der Waals surface area contributed by atoms with Crippen molar-refractivity contribution in [2.45, 2.75) is 37.0 Å². The van der Waals surface area contributed by atoms with E-state index in [1.807, 2.05) is 7.05 Å². The molecule has 2 aliphatic rings. The molecule has 0 radical (unpaired) electrons. The van der Waals surface area contributed by atoms with Gasteiger partial charge in [0.1, 0.15) is 30.3 Å². The van der Waals surface area contributed by atoms with Crippen LogP contribution in [0.25, 0.3) is 11.2 Å². The van der Waals surface area contributed by atoms with E-state index in [-0.39, 0.29) is 5.82 Å². The molecule has 0 bridgehead atoms. The maximum absolute atomic E-state index is 10.3. The second-order valence-electron chi connectivity index (χ2n) is 6.78. The van der Waals surface area contributed by atoms with Crippen LogP contribution < -0.4 is 11.1 Å². The van der Waals surface area contributed by atoms with Crippen LogP contribution in [0.5, 0.6) is 0 Å². The number of aliphatic hydroxyl groups is 2. The highest BCUT2D eigenvalue weighted by atomic mass is 32.2. The smallest absolute Gasteiger partial charge is 0.167 e. The predicted molar refractivity (Wildman–Crippen MR) is 115 cm³/mol. The number of allylic oxidation sites excluding steroid dienone is 2. The molecule has 0 spiro atoms. The molecule has 162 valence electrons. The Labute approximate surface area is 178 Å². The number of nitrogen functional groups attached to an aromatic ring is 1. The molecule has 3 heterocycles. The Morgan fingerprint density at radius 1 is 1.33 bits per heavy atom. The molecule has 1 fully saturated rings. The largest absolute Gasteiger partial charge is 0.387 e. The number of fused-ring (bicyclic) bond motifs is 1. The molecule has 30 heavy (non-hydrogen) atoms. The lowest BCUT2D eigenvalue weighted by Crippen LogP contribution is -2.32. The summed E-state index contributed by atoms with van der Waals surface area (Å²) in [5.41, 5.74) is 6.55. The second kappa shape index (κ2) is 10.6. The number of thioether (sulfide) groups is 1. The minimum atomic E-state index is -1.13. The summed E-state index contributed by atoms with van der Waals surface area (Å²) in [5.74, 6) is 0.942. The highest BCUT2D eigenvalue weighted by Gasteiger charge is 2.44. The van der Waals surface area contributed by atoms with Crippen LogP contribution >= 0.6 is 11.8 Å². The number of carbonyl (C=O) groups is 1. The fourth-order valence-corrected chi connectivity index (χ4v) is 3.92. The lowest BCUT2D eigenvalue weighted by Gasteiger charge is -2.16. The minimum Gasteiger partial charge on any atom is -0.387 e.